The molecule has 0 radical (unpaired) electrons. The molecule has 1 unspecified atom stereocenters. The first-order valence-electron chi connectivity index (χ1n) is 5.91. The monoisotopic (exact) mass is 257 g/mol. The first-order valence-corrected chi connectivity index (χ1v) is 7.42. The van der Waals surface area contributed by atoms with Gasteiger partial charge in [-0.2, -0.15) is 0 Å². The van der Waals surface area contributed by atoms with E-state index in [-0.39, 0.29) is 11.2 Å². The second kappa shape index (κ2) is 4.42. The van der Waals surface area contributed by atoms with Crippen molar-refractivity contribution in [3.63, 3.8) is 0 Å². The van der Waals surface area contributed by atoms with Gasteiger partial charge in [-0.3, -0.25) is 0 Å². The molecule has 0 aromatic carbocycles. The van der Waals surface area contributed by atoms with Crippen LogP contribution in [0, 0.1) is 6.92 Å². The molecule has 1 aromatic rings. The Hall–Kier alpha value is -0.880. The predicted octanol–water partition coefficient (Wildman–Crippen LogP) is 1.25. The van der Waals surface area contributed by atoms with Crippen LogP contribution >= 0.6 is 0 Å². The van der Waals surface area contributed by atoms with Crippen molar-refractivity contribution in [3.05, 3.63) is 17.7 Å². The van der Waals surface area contributed by atoms with Gasteiger partial charge in [-0.15, -0.1) is 0 Å². The van der Waals surface area contributed by atoms with Gasteiger partial charge in [-0.25, -0.2) is 17.7 Å². The minimum absolute atomic E-state index is 0.206. The fraction of sp³-hybridized carbons (Fsp3) is 0.727. The average Bonchev–Trinajstić information content (AvgIpc) is 2.85. The summed E-state index contributed by atoms with van der Waals surface area (Å²) in [6, 6.07) is 0. The van der Waals surface area contributed by atoms with Crippen LogP contribution in [0.1, 0.15) is 37.7 Å². The van der Waals surface area contributed by atoms with Gasteiger partial charge in [0.1, 0.15) is 5.82 Å². The van der Waals surface area contributed by atoms with Gasteiger partial charge in [0.25, 0.3) is 0 Å². The molecule has 5 nitrogen and oxygen atoms in total. The van der Waals surface area contributed by atoms with Gasteiger partial charge in [0, 0.05) is 30.9 Å². The van der Waals surface area contributed by atoms with E-state index < -0.39 is 10.0 Å². The van der Waals surface area contributed by atoms with Crippen molar-refractivity contribution in [2.45, 2.75) is 38.4 Å². The molecular weight excluding hydrogens is 238 g/mol. The van der Waals surface area contributed by atoms with Crippen LogP contribution in [0.25, 0.3) is 0 Å². The Morgan fingerprint density at radius 3 is 2.76 bits per heavy atom. The maximum atomic E-state index is 12.0. The predicted molar refractivity (Wildman–Crippen MR) is 66.3 cm³/mol. The molecule has 17 heavy (non-hydrogen) atoms. The van der Waals surface area contributed by atoms with E-state index in [1.54, 1.807) is 24.3 Å². The lowest BCUT2D eigenvalue weighted by atomic mass is 10.1. The Morgan fingerprint density at radius 2 is 2.24 bits per heavy atom. The van der Waals surface area contributed by atoms with Gasteiger partial charge in [0.15, 0.2) is 0 Å². The third-order valence-electron chi connectivity index (χ3n) is 3.22. The normalized spacial score (nSPS) is 22.5. The van der Waals surface area contributed by atoms with Crippen LogP contribution < -0.4 is 0 Å². The molecule has 0 bridgehead atoms. The number of aromatic amines is 1. The SMILES string of the molecule is Cc1cnc(C2CCN(S(=O)(=O)C(C)C)C2)[nH]1. The summed E-state index contributed by atoms with van der Waals surface area (Å²) in [4.78, 5) is 7.47. The Labute approximate surface area is 102 Å². The summed E-state index contributed by atoms with van der Waals surface area (Å²) in [5, 5.41) is -0.348. The molecular formula is C11H19N3O2S. The largest absolute Gasteiger partial charge is 0.346 e. The van der Waals surface area contributed by atoms with Crippen molar-refractivity contribution in [2.24, 2.45) is 0 Å². The van der Waals surface area contributed by atoms with Crippen molar-refractivity contribution in [1.82, 2.24) is 14.3 Å². The quantitative estimate of drug-likeness (QED) is 0.886. The van der Waals surface area contributed by atoms with Gasteiger partial charge in [-0.05, 0) is 27.2 Å². The summed E-state index contributed by atoms with van der Waals surface area (Å²) in [5.41, 5.74) is 1.02. The molecule has 0 spiro atoms. The summed E-state index contributed by atoms with van der Waals surface area (Å²) in [6.45, 7) is 6.55. The number of imidazole rings is 1. The van der Waals surface area contributed by atoms with Crippen LogP contribution in [0.2, 0.25) is 0 Å². The lowest BCUT2D eigenvalue weighted by molar-refractivity contribution is 0.464. The Bertz CT molecular complexity index is 493. The molecule has 6 heteroatoms. The number of H-pyrrole nitrogens is 1. The molecule has 1 fully saturated rings. The molecule has 1 aliphatic heterocycles. The van der Waals surface area contributed by atoms with Crippen LogP contribution in [-0.2, 0) is 10.0 Å². The van der Waals surface area contributed by atoms with Crippen LogP contribution in [0.4, 0.5) is 0 Å². The number of sulfonamides is 1. The molecule has 0 amide bonds. The topological polar surface area (TPSA) is 66.1 Å². The summed E-state index contributed by atoms with van der Waals surface area (Å²) < 4.78 is 25.6. The Kier molecular flexibility index (Phi) is 3.27. The van der Waals surface area contributed by atoms with Crippen LogP contribution in [-0.4, -0.2) is 41.0 Å². The zero-order valence-corrected chi connectivity index (χ0v) is 11.3. The average molecular weight is 257 g/mol. The summed E-state index contributed by atoms with van der Waals surface area (Å²) >= 11 is 0. The molecule has 1 saturated heterocycles. The van der Waals surface area contributed by atoms with Crippen LogP contribution in [0.15, 0.2) is 6.20 Å². The summed E-state index contributed by atoms with van der Waals surface area (Å²) in [7, 11) is -3.12. The lowest BCUT2D eigenvalue weighted by Gasteiger charge is -2.18. The van der Waals surface area contributed by atoms with Crippen LogP contribution in [0.5, 0.6) is 0 Å². The fourth-order valence-electron chi connectivity index (χ4n) is 2.12. The lowest BCUT2D eigenvalue weighted by Crippen LogP contribution is -2.34. The molecule has 2 rings (SSSR count). The van der Waals surface area contributed by atoms with E-state index >= 15 is 0 Å². The first-order chi connectivity index (χ1) is 7.91. The number of hydrogen-bond acceptors (Lipinski definition) is 3. The standard InChI is InChI=1S/C11H19N3O2S/c1-8(2)17(15,16)14-5-4-10(7-14)11-12-6-9(3)13-11/h6,8,10H,4-5,7H2,1-3H3,(H,12,13). The highest BCUT2D eigenvalue weighted by atomic mass is 32.2. The van der Waals surface area contributed by atoms with Crippen molar-refractivity contribution in [2.75, 3.05) is 13.1 Å². The van der Waals surface area contributed by atoms with E-state index in [0.717, 1.165) is 17.9 Å². The third-order valence-corrected chi connectivity index (χ3v) is 5.46. The molecule has 96 valence electrons. The van der Waals surface area contributed by atoms with Gasteiger partial charge < -0.3 is 4.98 Å². The zero-order chi connectivity index (χ0) is 12.6. The molecule has 1 atom stereocenters. The van der Waals surface area contributed by atoms with E-state index in [0.29, 0.717) is 13.1 Å². The van der Waals surface area contributed by atoms with E-state index in [1.807, 2.05) is 6.92 Å². The van der Waals surface area contributed by atoms with Gasteiger partial charge >= 0.3 is 0 Å². The van der Waals surface area contributed by atoms with Gasteiger partial charge in [0.2, 0.25) is 10.0 Å². The summed E-state index contributed by atoms with van der Waals surface area (Å²) in [5.74, 6) is 1.11. The highest BCUT2D eigenvalue weighted by Gasteiger charge is 2.34. The zero-order valence-electron chi connectivity index (χ0n) is 10.5. The Morgan fingerprint density at radius 1 is 1.53 bits per heavy atom. The molecule has 0 saturated carbocycles. The summed E-state index contributed by atoms with van der Waals surface area (Å²) in [6.07, 6.45) is 2.63. The minimum atomic E-state index is -3.12. The van der Waals surface area contributed by atoms with Crippen molar-refractivity contribution in [3.8, 4) is 0 Å². The number of rotatable bonds is 3. The fourth-order valence-corrected chi connectivity index (χ4v) is 3.46. The second-order valence-electron chi connectivity index (χ2n) is 4.89. The number of nitrogens with zero attached hydrogens (tertiary/aromatic N) is 2. The smallest absolute Gasteiger partial charge is 0.216 e. The number of aryl methyl sites for hydroxylation is 1. The Balaban J connectivity index is 2.11. The van der Waals surface area contributed by atoms with Crippen LogP contribution in [0.3, 0.4) is 0 Å². The molecule has 1 N–H and O–H groups in total. The maximum Gasteiger partial charge on any atom is 0.216 e. The van der Waals surface area contributed by atoms with Crippen molar-refractivity contribution < 1.29 is 8.42 Å². The minimum Gasteiger partial charge on any atom is -0.346 e. The number of aromatic nitrogens is 2. The maximum absolute atomic E-state index is 12.0. The van der Waals surface area contributed by atoms with Crippen molar-refractivity contribution in [1.29, 1.82) is 0 Å². The highest BCUT2D eigenvalue weighted by molar-refractivity contribution is 7.89. The molecule has 2 heterocycles. The van der Waals surface area contributed by atoms with E-state index in [9.17, 15) is 8.42 Å². The first kappa shape index (κ1) is 12.6. The molecule has 0 aliphatic carbocycles. The second-order valence-corrected chi connectivity index (χ2v) is 7.38. The molecule has 1 aromatic heterocycles. The van der Waals surface area contributed by atoms with E-state index in [1.165, 1.54) is 0 Å². The third kappa shape index (κ3) is 2.37. The highest BCUT2D eigenvalue weighted by Crippen LogP contribution is 2.28. The number of nitrogens with one attached hydrogen (secondary N) is 1. The van der Waals surface area contributed by atoms with E-state index in [4.69, 9.17) is 0 Å². The van der Waals surface area contributed by atoms with Crippen molar-refractivity contribution >= 4 is 10.0 Å². The van der Waals surface area contributed by atoms with Gasteiger partial charge in [0.05, 0.1) is 5.25 Å². The molecule has 1 aliphatic rings. The van der Waals surface area contributed by atoms with E-state index in [2.05, 4.69) is 9.97 Å². The number of hydrogen-bond donors (Lipinski definition) is 1. The van der Waals surface area contributed by atoms with Gasteiger partial charge in [-0.1, -0.05) is 0 Å².